The van der Waals surface area contributed by atoms with E-state index in [1.54, 1.807) is 12.1 Å². The number of amides is 1. The molecule has 1 aromatic heterocycles. The number of hydrogen-bond donors (Lipinski definition) is 3. The molecule has 188 valence electrons. The highest BCUT2D eigenvalue weighted by molar-refractivity contribution is 6.10. The molecule has 0 spiro atoms. The first kappa shape index (κ1) is 26.3. The van der Waals surface area contributed by atoms with Gasteiger partial charge in [0.15, 0.2) is 5.84 Å². The summed E-state index contributed by atoms with van der Waals surface area (Å²) in [7, 11) is 1.82. The molecule has 1 aromatic carbocycles. The molecule has 1 atom stereocenters. The lowest BCUT2D eigenvalue weighted by Crippen LogP contribution is -2.40. The van der Waals surface area contributed by atoms with Gasteiger partial charge in [-0.25, -0.2) is 4.98 Å². The number of hydrogen-bond acceptors (Lipinski definition) is 6. The zero-order valence-electron chi connectivity index (χ0n) is 19.9. The quantitative estimate of drug-likeness (QED) is 0.344. The van der Waals surface area contributed by atoms with Gasteiger partial charge in [-0.3, -0.25) is 20.5 Å². The second kappa shape index (κ2) is 11.0. The molecular formula is C24H29F3N6O2. The number of benzene rings is 1. The van der Waals surface area contributed by atoms with Crippen molar-refractivity contribution in [1.82, 2.24) is 15.2 Å². The fourth-order valence-corrected chi connectivity index (χ4v) is 4.07. The predicted molar refractivity (Wildman–Crippen MR) is 127 cm³/mol. The van der Waals surface area contributed by atoms with Crippen molar-refractivity contribution >= 4 is 23.9 Å². The Bertz CT molecular complexity index is 1110. The second-order valence-electron chi connectivity index (χ2n) is 8.27. The maximum Gasteiger partial charge on any atom is 0.391 e. The van der Waals surface area contributed by atoms with Gasteiger partial charge in [-0.1, -0.05) is 12.1 Å². The molecule has 1 amide bonds. The smallest absolute Gasteiger partial charge is 0.377 e. The molecule has 1 aliphatic rings. The van der Waals surface area contributed by atoms with E-state index in [1.807, 2.05) is 26.1 Å². The summed E-state index contributed by atoms with van der Waals surface area (Å²) in [6, 6.07) is 7.35. The summed E-state index contributed by atoms with van der Waals surface area (Å²) in [6.07, 6.45) is -4.92. The van der Waals surface area contributed by atoms with Crippen LogP contribution in [0.4, 0.5) is 19.0 Å². The third-order valence-corrected chi connectivity index (χ3v) is 5.69. The minimum atomic E-state index is -4.43. The van der Waals surface area contributed by atoms with E-state index < -0.39 is 18.6 Å². The molecule has 2 aromatic rings. The lowest BCUT2D eigenvalue weighted by atomic mass is 9.99. The molecule has 0 saturated carbocycles. The van der Waals surface area contributed by atoms with Crippen molar-refractivity contribution in [3.63, 3.8) is 0 Å². The van der Waals surface area contributed by atoms with E-state index in [9.17, 15) is 18.0 Å². The van der Waals surface area contributed by atoms with Gasteiger partial charge < -0.3 is 15.0 Å². The third-order valence-electron chi connectivity index (χ3n) is 5.69. The fourth-order valence-electron chi connectivity index (χ4n) is 4.07. The van der Waals surface area contributed by atoms with Crippen molar-refractivity contribution in [2.75, 3.05) is 18.6 Å². The van der Waals surface area contributed by atoms with Crippen molar-refractivity contribution in [3.05, 3.63) is 58.3 Å². The van der Waals surface area contributed by atoms with Crippen molar-refractivity contribution in [2.45, 2.75) is 52.2 Å². The average Bonchev–Trinajstić information content (AvgIpc) is 3.14. The van der Waals surface area contributed by atoms with E-state index in [0.717, 1.165) is 21.6 Å². The molecule has 35 heavy (non-hydrogen) atoms. The number of carbonyl (C=O) groups is 1. The lowest BCUT2D eigenvalue weighted by Gasteiger charge is -2.27. The van der Waals surface area contributed by atoms with Crippen LogP contribution in [0.25, 0.3) is 0 Å². The summed E-state index contributed by atoms with van der Waals surface area (Å²) < 4.78 is 44.1. The van der Waals surface area contributed by atoms with Crippen LogP contribution in [0.3, 0.4) is 0 Å². The Morgan fingerprint density at radius 1 is 1.37 bits per heavy atom. The number of nitrogens with one attached hydrogen (secondary N) is 3. The maximum atomic E-state index is 13.3. The zero-order valence-corrected chi connectivity index (χ0v) is 19.9. The van der Waals surface area contributed by atoms with Gasteiger partial charge in [0.05, 0.1) is 25.9 Å². The Morgan fingerprint density at radius 3 is 2.74 bits per heavy atom. The Labute approximate surface area is 202 Å². The number of amidine groups is 1. The molecule has 2 heterocycles. The normalized spacial score (nSPS) is 14.1. The van der Waals surface area contributed by atoms with Gasteiger partial charge in [-0.2, -0.15) is 13.2 Å². The van der Waals surface area contributed by atoms with E-state index in [1.165, 1.54) is 17.9 Å². The van der Waals surface area contributed by atoms with Crippen LogP contribution in [-0.4, -0.2) is 53.8 Å². The summed E-state index contributed by atoms with van der Waals surface area (Å²) >= 11 is 0. The number of rotatable bonds is 10. The molecule has 1 aliphatic heterocycles. The monoisotopic (exact) mass is 490 g/mol. The van der Waals surface area contributed by atoms with E-state index >= 15 is 0 Å². The minimum absolute atomic E-state index is 0.0660. The van der Waals surface area contributed by atoms with Crippen LogP contribution in [-0.2, 0) is 24.4 Å². The molecule has 8 nitrogen and oxygen atoms in total. The maximum absolute atomic E-state index is 13.3. The lowest BCUT2D eigenvalue weighted by molar-refractivity contribution is -0.141. The minimum Gasteiger partial charge on any atom is -0.377 e. The highest BCUT2D eigenvalue weighted by atomic mass is 19.4. The Hall–Kier alpha value is -3.31. The number of pyridine rings is 1. The average molecular weight is 491 g/mol. The van der Waals surface area contributed by atoms with Crippen molar-refractivity contribution in [1.29, 1.82) is 10.8 Å². The van der Waals surface area contributed by atoms with Crippen LogP contribution in [0.1, 0.15) is 53.0 Å². The molecule has 0 radical (unpaired) electrons. The summed E-state index contributed by atoms with van der Waals surface area (Å²) in [4.78, 5) is 20.1. The number of anilines is 1. The third kappa shape index (κ3) is 6.04. The van der Waals surface area contributed by atoms with Crippen LogP contribution in [0, 0.1) is 10.8 Å². The number of halogens is 3. The van der Waals surface area contributed by atoms with Crippen molar-refractivity contribution < 1.29 is 22.7 Å². The van der Waals surface area contributed by atoms with Crippen LogP contribution in [0.15, 0.2) is 30.3 Å². The molecule has 1 unspecified atom stereocenters. The van der Waals surface area contributed by atoms with E-state index in [4.69, 9.17) is 15.6 Å². The molecule has 0 bridgehead atoms. The van der Waals surface area contributed by atoms with Gasteiger partial charge in [0.1, 0.15) is 11.5 Å². The summed E-state index contributed by atoms with van der Waals surface area (Å²) in [5, 5.41) is 19.0. The highest BCUT2D eigenvalue weighted by Crippen LogP contribution is 2.31. The zero-order chi connectivity index (χ0) is 25.8. The van der Waals surface area contributed by atoms with Crippen LogP contribution in [0.2, 0.25) is 0 Å². The number of fused-ring (bicyclic) bond motifs is 1. The number of aromatic nitrogens is 1. The molecule has 0 fully saturated rings. The summed E-state index contributed by atoms with van der Waals surface area (Å²) in [6.45, 7) is 4.97. The van der Waals surface area contributed by atoms with E-state index in [-0.39, 0.29) is 29.8 Å². The first-order valence-electron chi connectivity index (χ1n) is 11.2. The molecule has 11 heteroatoms. The number of alkyl halides is 3. The summed E-state index contributed by atoms with van der Waals surface area (Å²) in [5.74, 6) is -0.317. The van der Waals surface area contributed by atoms with Gasteiger partial charge >= 0.3 is 6.18 Å². The van der Waals surface area contributed by atoms with Gasteiger partial charge in [-0.05, 0) is 55.8 Å². The van der Waals surface area contributed by atoms with Gasteiger partial charge in [0.2, 0.25) is 0 Å². The van der Waals surface area contributed by atoms with Gasteiger partial charge in [-0.15, -0.1) is 0 Å². The molecule has 3 N–H and O–H groups in total. The molecular weight excluding hydrogens is 461 g/mol. The fraction of sp³-hybridized carbons (Fsp3) is 0.417. The largest absolute Gasteiger partial charge is 0.391 e. The van der Waals surface area contributed by atoms with Crippen LogP contribution in [0.5, 0.6) is 0 Å². The van der Waals surface area contributed by atoms with Crippen LogP contribution >= 0.6 is 0 Å². The Kier molecular flexibility index (Phi) is 8.23. The first-order valence-corrected chi connectivity index (χ1v) is 11.2. The standard InChI is InChI=1S/C24H29F3N6O2/c1-4-35-13-16-8-17(11-30-3)19-12-32(23(34)18(19)9-16)21-7-5-6-20(31-21)22(29)33(14-28)15(2)10-24(25,26)27/h5-9,14-15,28-30H,4,10-13H2,1-3H3. The van der Waals surface area contributed by atoms with Crippen molar-refractivity contribution in [2.24, 2.45) is 0 Å². The van der Waals surface area contributed by atoms with Crippen molar-refractivity contribution in [3.8, 4) is 0 Å². The van der Waals surface area contributed by atoms with Gasteiger partial charge in [0.25, 0.3) is 5.91 Å². The predicted octanol–water partition coefficient (Wildman–Crippen LogP) is 4.07. The van der Waals surface area contributed by atoms with Crippen LogP contribution < -0.4 is 10.2 Å². The van der Waals surface area contributed by atoms with Gasteiger partial charge in [0, 0.05) is 24.8 Å². The Morgan fingerprint density at radius 2 is 2.11 bits per heavy atom. The number of carbonyl (C=O) groups excluding carboxylic acids is 1. The topological polar surface area (TPSA) is 105 Å². The highest BCUT2D eigenvalue weighted by Gasteiger charge is 2.34. The van der Waals surface area contributed by atoms with E-state index in [2.05, 4.69) is 10.3 Å². The SMILES string of the molecule is CCOCc1cc(CNC)c2c(c1)C(=O)N(c1cccc(C(=N)N(C=N)C(C)CC(F)(F)F)n1)C2. The molecule has 3 rings (SSSR count). The second-order valence-corrected chi connectivity index (χ2v) is 8.27. The molecule has 0 aliphatic carbocycles. The summed E-state index contributed by atoms with van der Waals surface area (Å²) in [5.41, 5.74) is 3.34. The number of ether oxygens (including phenoxy) is 1. The molecule has 0 saturated heterocycles. The van der Waals surface area contributed by atoms with E-state index in [0.29, 0.717) is 31.7 Å². The number of nitrogens with zero attached hydrogens (tertiary/aromatic N) is 3. The Balaban J connectivity index is 1.89. The first-order chi connectivity index (χ1) is 16.6.